The number of pyridine rings is 1. The third kappa shape index (κ3) is 2.29. The summed E-state index contributed by atoms with van der Waals surface area (Å²) in [6.45, 7) is 1.91. The van der Waals surface area contributed by atoms with Crippen molar-refractivity contribution in [2.75, 3.05) is 0 Å². The molecule has 1 heterocycles. The smallest absolute Gasteiger partial charge is 0.255 e. The minimum Gasteiger partial charge on any atom is -0.328 e. The first-order valence-corrected chi connectivity index (χ1v) is 5.47. The lowest BCUT2D eigenvalue weighted by atomic mass is 10.1. The first-order chi connectivity index (χ1) is 7.56. The molecule has 1 aromatic carbocycles. The SMILES string of the molecule is Cc1c[nH]c(=O)c(-c2cc(Cl)cc(Cl)c2)c1. The number of benzene rings is 1. The van der Waals surface area contributed by atoms with Crippen molar-refractivity contribution in [1.82, 2.24) is 4.98 Å². The van der Waals surface area contributed by atoms with E-state index < -0.39 is 0 Å². The predicted molar refractivity (Wildman–Crippen MR) is 67.3 cm³/mol. The molecule has 0 aliphatic rings. The van der Waals surface area contributed by atoms with E-state index in [4.69, 9.17) is 23.2 Å². The van der Waals surface area contributed by atoms with Gasteiger partial charge in [-0.3, -0.25) is 4.79 Å². The quantitative estimate of drug-likeness (QED) is 0.827. The largest absolute Gasteiger partial charge is 0.328 e. The molecule has 0 saturated heterocycles. The normalized spacial score (nSPS) is 10.4. The van der Waals surface area contributed by atoms with Gasteiger partial charge in [-0.25, -0.2) is 0 Å². The third-order valence-corrected chi connectivity index (χ3v) is 2.66. The average molecular weight is 254 g/mol. The molecule has 0 unspecified atom stereocenters. The summed E-state index contributed by atoms with van der Waals surface area (Å²) in [5.41, 5.74) is 2.13. The lowest BCUT2D eigenvalue weighted by molar-refractivity contribution is 1.20. The van der Waals surface area contributed by atoms with Crippen LogP contribution in [0.3, 0.4) is 0 Å². The molecule has 4 heteroatoms. The zero-order valence-electron chi connectivity index (χ0n) is 8.55. The topological polar surface area (TPSA) is 32.9 Å². The fraction of sp³-hybridized carbons (Fsp3) is 0.0833. The highest BCUT2D eigenvalue weighted by atomic mass is 35.5. The van der Waals surface area contributed by atoms with Crippen LogP contribution < -0.4 is 5.56 Å². The number of halogens is 2. The maximum atomic E-state index is 11.7. The Morgan fingerprint density at radius 3 is 2.31 bits per heavy atom. The number of aromatic nitrogens is 1. The minimum atomic E-state index is -0.149. The minimum absolute atomic E-state index is 0.149. The number of nitrogens with one attached hydrogen (secondary N) is 1. The molecule has 0 aliphatic carbocycles. The van der Waals surface area contributed by atoms with E-state index in [1.54, 1.807) is 30.5 Å². The van der Waals surface area contributed by atoms with Crippen molar-refractivity contribution >= 4 is 23.2 Å². The van der Waals surface area contributed by atoms with Crippen LogP contribution in [0.25, 0.3) is 11.1 Å². The molecule has 0 bridgehead atoms. The van der Waals surface area contributed by atoms with E-state index in [2.05, 4.69) is 4.98 Å². The maximum absolute atomic E-state index is 11.7. The van der Waals surface area contributed by atoms with Gasteiger partial charge in [-0.05, 0) is 42.3 Å². The van der Waals surface area contributed by atoms with E-state index >= 15 is 0 Å². The Morgan fingerprint density at radius 1 is 1.06 bits per heavy atom. The van der Waals surface area contributed by atoms with Gasteiger partial charge in [0, 0.05) is 21.8 Å². The molecule has 0 fully saturated rings. The highest BCUT2D eigenvalue weighted by molar-refractivity contribution is 6.35. The third-order valence-electron chi connectivity index (χ3n) is 2.22. The van der Waals surface area contributed by atoms with Gasteiger partial charge in [-0.1, -0.05) is 23.2 Å². The molecule has 2 aromatic rings. The van der Waals surface area contributed by atoms with Gasteiger partial charge in [-0.15, -0.1) is 0 Å². The number of hydrogen-bond acceptors (Lipinski definition) is 1. The van der Waals surface area contributed by atoms with Crippen molar-refractivity contribution in [3.63, 3.8) is 0 Å². The maximum Gasteiger partial charge on any atom is 0.255 e. The van der Waals surface area contributed by atoms with Gasteiger partial charge in [0.2, 0.25) is 0 Å². The highest BCUT2D eigenvalue weighted by Crippen LogP contribution is 2.25. The molecule has 0 saturated carbocycles. The first kappa shape index (κ1) is 11.2. The van der Waals surface area contributed by atoms with E-state index in [-0.39, 0.29) is 5.56 Å². The van der Waals surface area contributed by atoms with Gasteiger partial charge < -0.3 is 4.98 Å². The zero-order valence-corrected chi connectivity index (χ0v) is 10.1. The molecule has 0 spiro atoms. The molecule has 1 aromatic heterocycles. The summed E-state index contributed by atoms with van der Waals surface area (Å²) < 4.78 is 0. The van der Waals surface area contributed by atoms with Crippen LogP contribution in [0, 0.1) is 6.92 Å². The molecule has 0 radical (unpaired) electrons. The molecule has 2 rings (SSSR count). The van der Waals surface area contributed by atoms with E-state index in [9.17, 15) is 4.79 Å². The summed E-state index contributed by atoms with van der Waals surface area (Å²) in [6, 6.07) is 6.88. The van der Waals surface area contributed by atoms with Gasteiger partial charge in [0.15, 0.2) is 0 Å². The fourth-order valence-corrected chi connectivity index (χ4v) is 2.04. The number of rotatable bonds is 1. The van der Waals surface area contributed by atoms with E-state index in [0.717, 1.165) is 11.1 Å². The summed E-state index contributed by atoms with van der Waals surface area (Å²) in [4.78, 5) is 14.3. The van der Waals surface area contributed by atoms with Crippen LogP contribution in [0.1, 0.15) is 5.56 Å². The summed E-state index contributed by atoms with van der Waals surface area (Å²) in [6.07, 6.45) is 1.66. The lowest BCUT2D eigenvalue weighted by Gasteiger charge is -2.03. The summed E-state index contributed by atoms with van der Waals surface area (Å²) in [5.74, 6) is 0. The van der Waals surface area contributed by atoms with Crippen LogP contribution in [0.15, 0.2) is 35.3 Å². The average Bonchev–Trinajstić information content (AvgIpc) is 2.20. The van der Waals surface area contributed by atoms with Crippen molar-refractivity contribution in [2.45, 2.75) is 6.92 Å². The Kier molecular flexibility index (Phi) is 3.03. The predicted octanol–water partition coefficient (Wildman–Crippen LogP) is 3.66. The molecule has 0 amide bonds. The number of aryl methyl sites for hydroxylation is 1. The molecule has 1 N–H and O–H groups in total. The summed E-state index contributed by atoms with van der Waals surface area (Å²) >= 11 is 11.8. The Hall–Kier alpha value is -1.25. The first-order valence-electron chi connectivity index (χ1n) is 4.72. The Labute approximate surface area is 103 Å². The highest BCUT2D eigenvalue weighted by Gasteiger charge is 2.05. The van der Waals surface area contributed by atoms with Crippen molar-refractivity contribution in [3.05, 3.63) is 56.4 Å². The standard InChI is InChI=1S/C12H9Cl2NO/c1-7-2-11(12(16)15-6-7)8-3-9(13)5-10(14)4-8/h2-6H,1H3,(H,15,16). The van der Waals surface area contributed by atoms with Gasteiger partial charge >= 0.3 is 0 Å². The molecule has 2 nitrogen and oxygen atoms in total. The van der Waals surface area contributed by atoms with Crippen molar-refractivity contribution in [2.24, 2.45) is 0 Å². The molecular weight excluding hydrogens is 245 g/mol. The fourth-order valence-electron chi connectivity index (χ4n) is 1.52. The van der Waals surface area contributed by atoms with Crippen LogP contribution >= 0.6 is 23.2 Å². The lowest BCUT2D eigenvalue weighted by Crippen LogP contribution is -2.08. The summed E-state index contributed by atoms with van der Waals surface area (Å²) in [5, 5.41) is 1.03. The Balaban J connectivity index is 2.67. The number of H-pyrrole nitrogens is 1. The zero-order chi connectivity index (χ0) is 11.7. The monoisotopic (exact) mass is 253 g/mol. The molecule has 0 aliphatic heterocycles. The summed E-state index contributed by atoms with van der Waals surface area (Å²) in [7, 11) is 0. The van der Waals surface area contributed by atoms with Gasteiger partial charge in [0.05, 0.1) is 0 Å². The molecular formula is C12H9Cl2NO. The van der Waals surface area contributed by atoms with Crippen molar-refractivity contribution in [1.29, 1.82) is 0 Å². The Morgan fingerprint density at radius 2 is 1.69 bits per heavy atom. The van der Waals surface area contributed by atoms with Crippen LogP contribution in [0.5, 0.6) is 0 Å². The number of aromatic amines is 1. The second-order valence-corrected chi connectivity index (χ2v) is 4.45. The second kappa shape index (κ2) is 4.32. The van der Waals surface area contributed by atoms with E-state index in [0.29, 0.717) is 15.6 Å². The van der Waals surface area contributed by atoms with Gasteiger partial charge in [-0.2, -0.15) is 0 Å². The molecule has 82 valence electrons. The van der Waals surface area contributed by atoms with Crippen LogP contribution in [0.4, 0.5) is 0 Å². The van der Waals surface area contributed by atoms with Gasteiger partial charge in [0.25, 0.3) is 5.56 Å². The Bertz CT molecular complexity index is 570. The van der Waals surface area contributed by atoms with Crippen molar-refractivity contribution in [3.8, 4) is 11.1 Å². The van der Waals surface area contributed by atoms with Crippen molar-refractivity contribution < 1.29 is 0 Å². The second-order valence-electron chi connectivity index (χ2n) is 3.58. The molecule has 16 heavy (non-hydrogen) atoms. The van der Waals surface area contributed by atoms with Crippen LogP contribution in [-0.2, 0) is 0 Å². The molecule has 0 atom stereocenters. The van der Waals surface area contributed by atoms with E-state index in [1.807, 2.05) is 6.92 Å². The number of hydrogen-bond donors (Lipinski definition) is 1. The van der Waals surface area contributed by atoms with Crippen LogP contribution in [0.2, 0.25) is 10.0 Å². The van der Waals surface area contributed by atoms with Crippen LogP contribution in [-0.4, -0.2) is 4.98 Å². The van der Waals surface area contributed by atoms with E-state index in [1.165, 1.54) is 0 Å². The van der Waals surface area contributed by atoms with Gasteiger partial charge in [0.1, 0.15) is 0 Å².